The number of para-hydroxylation sites is 1. The molecule has 3 rings (SSSR count). The molecule has 0 spiro atoms. The van der Waals surface area contributed by atoms with Crippen molar-refractivity contribution in [3.05, 3.63) is 72.1 Å². The Kier molecular flexibility index (Phi) is 5.65. The second-order valence-corrected chi connectivity index (χ2v) is 5.53. The van der Waals surface area contributed by atoms with Crippen LogP contribution < -0.4 is 0 Å². The summed E-state index contributed by atoms with van der Waals surface area (Å²) in [7, 11) is 1.72. The Morgan fingerprint density at radius 2 is 1.67 bits per heavy atom. The first-order valence-electron chi connectivity index (χ1n) is 7.94. The van der Waals surface area contributed by atoms with Gasteiger partial charge in [0.15, 0.2) is 5.82 Å². The molecule has 0 atom stereocenters. The molecule has 0 amide bonds. The highest BCUT2D eigenvalue weighted by Crippen LogP contribution is 2.11. The topological polar surface area (TPSA) is 56.1 Å². The van der Waals surface area contributed by atoms with Crippen molar-refractivity contribution < 1.29 is 4.74 Å². The molecule has 0 N–H and O–H groups in total. The van der Waals surface area contributed by atoms with E-state index in [1.54, 1.807) is 11.8 Å². The van der Waals surface area contributed by atoms with E-state index in [4.69, 9.17) is 4.74 Å². The number of benzene rings is 2. The van der Waals surface area contributed by atoms with Gasteiger partial charge in [0.05, 0.1) is 18.8 Å². The second kappa shape index (κ2) is 8.33. The monoisotopic (exact) mass is 323 g/mol. The first-order chi connectivity index (χ1) is 11.9. The summed E-state index contributed by atoms with van der Waals surface area (Å²) in [5.74, 6) is 0.813. The average Bonchev–Trinajstić information content (AvgIpc) is 3.09. The summed E-state index contributed by atoms with van der Waals surface area (Å²) in [5, 5.41) is 12.2. The standard InChI is InChI=1S/C18H21N5O/c1-24-13-12-22(14-16-8-4-2-5-9-16)15-18-19-20-21-23(18)17-10-6-3-7-11-17/h2-11H,12-15H2,1H3. The molecule has 6 nitrogen and oxygen atoms in total. The molecule has 1 aromatic heterocycles. The number of aromatic nitrogens is 4. The van der Waals surface area contributed by atoms with Gasteiger partial charge in [0, 0.05) is 20.2 Å². The Balaban J connectivity index is 1.77. The fourth-order valence-corrected chi connectivity index (χ4v) is 2.55. The average molecular weight is 323 g/mol. The van der Waals surface area contributed by atoms with Gasteiger partial charge in [0.1, 0.15) is 0 Å². The minimum atomic E-state index is 0.653. The summed E-state index contributed by atoms with van der Waals surface area (Å²) in [5.41, 5.74) is 2.22. The highest BCUT2D eigenvalue weighted by atomic mass is 16.5. The zero-order valence-corrected chi connectivity index (χ0v) is 13.7. The lowest BCUT2D eigenvalue weighted by Crippen LogP contribution is -2.28. The number of methoxy groups -OCH3 is 1. The van der Waals surface area contributed by atoms with Crippen LogP contribution in [0.15, 0.2) is 60.7 Å². The lowest BCUT2D eigenvalue weighted by molar-refractivity contribution is 0.138. The van der Waals surface area contributed by atoms with Gasteiger partial charge in [-0.25, -0.2) is 0 Å². The first-order valence-corrected chi connectivity index (χ1v) is 7.94. The zero-order valence-electron chi connectivity index (χ0n) is 13.7. The Morgan fingerprint density at radius 1 is 0.958 bits per heavy atom. The first kappa shape index (κ1) is 16.3. The lowest BCUT2D eigenvalue weighted by Gasteiger charge is -2.21. The van der Waals surface area contributed by atoms with Crippen LogP contribution in [-0.2, 0) is 17.8 Å². The summed E-state index contributed by atoms with van der Waals surface area (Å²) >= 11 is 0. The third-order valence-corrected chi connectivity index (χ3v) is 3.76. The van der Waals surface area contributed by atoms with Crippen molar-refractivity contribution in [3.63, 3.8) is 0 Å². The van der Waals surface area contributed by atoms with Crippen molar-refractivity contribution in [1.82, 2.24) is 25.1 Å². The van der Waals surface area contributed by atoms with Crippen LogP contribution in [0.5, 0.6) is 0 Å². The quantitative estimate of drug-likeness (QED) is 0.637. The predicted octanol–water partition coefficient (Wildman–Crippen LogP) is 2.31. The SMILES string of the molecule is COCCN(Cc1ccccc1)Cc1nnnn1-c1ccccc1. The van der Waals surface area contributed by atoms with Gasteiger partial charge < -0.3 is 4.74 Å². The molecule has 1 heterocycles. The maximum Gasteiger partial charge on any atom is 0.170 e. The summed E-state index contributed by atoms with van der Waals surface area (Å²) in [6.07, 6.45) is 0. The maximum absolute atomic E-state index is 5.24. The summed E-state index contributed by atoms with van der Waals surface area (Å²) in [6.45, 7) is 2.96. The molecule has 0 saturated carbocycles. The van der Waals surface area contributed by atoms with Gasteiger partial charge in [-0.05, 0) is 28.1 Å². The molecule has 24 heavy (non-hydrogen) atoms. The molecule has 6 heteroatoms. The Hall–Kier alpha value is -2.57. The van der Waals surface area contributed by atoms with Crippen molar-refractivity contribution >= 4 is 0 Å². The molecule has 0 aliphatic rings. The third-order valence-electron chi connectivity index (χ3n) is 3.76. The Labute approximate surface area is 141 Å². The maximum atomic E-state index is 5.24. The number of rotatable bonds is 8. The van der Waals surface area contributed by atoms with Crippen molar-refractivity contribution in [1.29, 1.82) is 0 Å². The van der Waals surface area contributed by atoms with Gasteiger partial charge >= 0.3 is 0 Å². The van der Waals surface area contributed by atoms with E-state index in [9.17, 15) is 0 Å². The highest BCUT2D eigenvalue weighted by molar-refractivity contribution is 5.30. The number of nitrogens with zero attached hydrogens (tertiary/aromatic N) is 5. The summed E-state index contributed by atoms with van der Waals surface area (Å²) < 4.78 is 7.03. The van der Waals surface area contributed by atoms with Crippen LogP contribution >= 0.6 is 0 Å². The van der Waals surface area contributed by atoms with Crippen LogP contribution in [0, 0.1) is 0 Å². The van der Waals surface area contributed by atoms with E-state index in [0.29, 0.717) is 13.2 Å². The van der Waals surface area contributed by atoms with Gasteiger partial charge in [-0.3, -0.25) is 4.90 Å². The molecule has 0 bridgehead atoms. The van der Waals surface area contributed by atoms with Gasteiger partial charge in [-0.15, -0.1) is 5.10 Å². The van der Waals surface area contributed by atoms with E-state index >= 15 is 0 Å². The molecule has 0 radical (unpaired) electrons. The van der Waals surface area contributed by atoms with Crippen LogP contribution in [0.25, 0.3) is 5.69 Å². The predicted molar refractivity (Wildman–Crippen MR) is 91.6 cm³/mol. The Bertz CT molecular complexity index is 729. The summed E-state index contributed by atoms with van der Waals surface area (Å²) in [6, 6.07) is 20.3. The normalized spacial score (nSPS) is 11.1. The summed E-state index contributed by atoms with van der Waals surface area (Å²) in [4.78, 5) is 2.28. The molecule has 0 fully saturated rings. The smallest absolute Gasteiger partial charge is 0.170 e. The van der Waals surface area contributed by atoms with Crippen molar-refractivity contribution in [2.45, 2.75) is 13.1 Å². The van der Waals surface area contributed by atoms with Gasteiger partial charge in [0.2, 0.25) is 0 Å². The van der Waals surface area contributed by atoms with E-state index in [2.05, 4.69) is 44.7 Å². The van der Waals surface area contributed by atoms with E-state index in [-0.39, 0.29) is 0 Å². The van der Waals surface area contributed by atoms with Crippen LogP contribution in [-0.4, -0.2) is 45.4 Å². The van der Waals surface area contributed by atoms with Gasteiger partial charge in [0.25, 0.3) is 0 Å². The highest BCUT2D eigenvalue weighted by Gasteiger charge is 2.13. The molecule has 0 saturated heterocycles. The third kappa shape index (κ3) is 4.24. The minimum Gasteiger partial charge on any atom is -0.383 e. The van der Waals surface area contributed by atoms with E-state index in [0.717, 1.165) is 24.6 Å². The molecule has 3 aromatic rings. The fraction of sp³-hybridized carbons (Fsp3) is 0.278. The minimum absolute atomic E-state index is 0.653. The fourth-order valence-electron chi connectivity index (χ4n) is 2.55. The lowest BCUT2D eigenvalue weighted by atomic mass is 10.2. The number of hydrogen-bond donors (Lipinski definition) is 0. The van der Waals surface area contributed by atoms with Crippen LogP contribution in [0.4, 0.5) is 0 Å². The molecular formula is C18H21N5O. The number of tetrazole rings is 1. The van der Waals surface area contributed by atoms with E-state index in [1.165, 1.54) is 5.56 Å². The van der Waals surface area contributed by atoms with Crippen LogP contribution in [0.2, 0.25) is 0 Å². The molecule has 2 aromatic carbocycles. The molecule has 0 aliphatic heterocycles. The van der Waals surface area contributed by atoms with Gasteiger partial charge in [-0.1, -0.05) is 48.5 Å². The Morgan fingerprint density at radius 3 is 2.38 bits per heavy atom. The van der Waals surface area contributed by atoms with Gasteiger partial charge in [-0.2, -0.15) is 4.68 Å². The number of ether oxygens (including phenoxy) is 1. The molecular weight excluding hydrogens is 302 g/mol. The molecule has 0 unspecified atom stereocenters. The second-order valence-electron chi connectivity index (χ2n) is 5.53. The van der Waals surface area contributed by atoms with E-state index in [1.807, 2.05) is 36.4 Å². The van der Waals surface area contributed by atoms with Crippen molar-refractivity contribution in [2.75, 3.05) is 20.3 Å². The van der Waals surface area contributed by atoms with Crippen molar-refractivity contribution in [3.8, 4) is 5.69 Å². The van der Waals surface area contributed by atoms with E-state index < -0.39 is 0 Å². The zero-order chi connectivity index (χ0) is 16.6. The number of hydrogen-bond acceptors (Lipinski definition) is 5. The largest absolute Gasteiger partial charge is 0.383 e. The van der Waals surface area contributed by atoms with Crippen LogP contribution in [0.3, 0.4) is 0 Å². The van der Waals surface area contributed by atoms with Crippen molar-refractivity contribution in [2.24, 2.45) is 0 Å². The van der Waals surface area contributed by atoms with Crippen LogP contribution in [0.1, 0.15) is 11.4 Å². The molecule has 124 valence electrons. The molecule has 0 aliphatic carbocycles.